The highest BCUT2D eigenvalue weighted by molar-refractivity contribution is 7.08. The molecule has 0 spiro atoms. The Hall–Kier alpha value is -1.79. The number of hydrogen-bond donors (Lipinski definition) is 3. The second kappa shape index (κ2) is 7.66. The number of carbonyl (C=O) groups excluding carboxylic acids is 1. The molecule has 0 aliphatic rings. The molecule has 6 heteroatoms. The van der Waals surface area contributed by atoms with Crippen LogP contribution in [-0.4, -0.2) is 28.3 Å². The number of aromatic nitrogens is 1. The predicted molar refractivity (Wildman–Crippen MR) is 93.6 cm³/mol. The normalized spacial score (nSPS) is 15.0. The molecule has 2 heterocycles. The van der Waals surface area contributed by atoms with Gasteiger partial charge in [0.2, 0.25) is 0 Å². The molecule has 2 rings (SSSR count). The van der Waals surface area contributed by atoms with Crippen molar-refractivity contribution in [1.29, 1.82) is 0 Å². The summed E-state index contributed by atoms with van der Waals surface area (Å²) in [4.78, 5) is 12.0. The van der Waals surface area contributed by atoms with Crippen molar-refractivity contribution >= 4 is 17.4 Å². The third-order valence-corrected chi connectivity index (χ3v) is 4.68. The zero-order valence-corrected chi connectivity index (χ0v) is 14.7. The first-order chi connectivity index (χ1) is 10.9. The quantitative estimate of drug-likeness (QED) is 0.728. The Balaban J connectivity index is 1.73. The fourth-order valence-electron chi connectivity index (χ4n) is 2.39. The molecule has 0 aromatic carbocycles. The fraction of sp³-hybridized carbons (Fsp3) is 0.471. The van der Waals surface area contributed by atoms with Crippen LogP contribution in [0.3, 0.4) is 0 Å². The lowest BCUT2D eigenvalue weighted by molar-refractivity contribution is 0.0597. The molecule has 3 N–H and O–H groups in total. The molecule has 2 aromatic heterocycles. The van der Waals surface area contributed by atoms with Crippen LogP contribution >= 0.6 is 11.3 Å². The molecule has 0 aliphatic carbocycles. The maximum absolute atomic E-state index is 12.0. The van der Waals surface area contributed by atoms with Gasteiger partial charge >= 0.3 is 6.03 Å². The van der Waals surface area contributed by atoms with Crippen LogP contribution in [0, 0.1) is 0 Å². The molecule has 0 fully saturated rings. The number of nitrogens with zero attached hydrogens (tertiary/aromatic N) is 1. The van der Waals surface area contributed by atoms with Gasteiger partial charge in [0.1, 0.15) is 5.60 Å². The summed E-state index contributed by atoms with van der Waals surface area (Å²) in [5, 5.41) is 19.8. The van der Waals surface area contributed by atoms with Crippen molar-refractivity contribution in [3.05, 3.63) is 46.4 Å². The van der Waals surface area contributed by atoms with Crippen LogP contribution in [0.5, 0.6) is 0 Å². The lowest BCUT2D eigenvalue weighted by Gasteiger charge is -2.23. The Bertz CT molecular complexity index is 620. The van der Waals surface area contributed by atoms with Crippen LogP contribution in [0.4, 0.5) is 4.79 Å². The Labute approximate surface area is 141 Å². The molecule has 2 amide bonds. The zero-order valence-electron chi connectivity index (χ0n) is 13.9. The first kappa shape index (κ1) is 17.6. The molecule has 0 aliphatic heterocycles. The number of hydrogen-bond acceptors (Lipinski definition) is 3. The summed E-state index contributed by atoms with van der Waals surface area (Å²) in [6.45, 7) is 3.87. The first-order valence-electron chi connectivity index (χ1n) is 7.78. The monoisotopic (exact) mass is 335 g/mol. The van der Waals surface area contributed by atoms with Crippen LogP contribution in [0.1, 0.15) is 31.5 Å². The summed E-state index contributed by atoms with van der Waals surface area (Å²) < 4.78 is 2.09. The maximum atomic E-state index is 12.0. The van der Waals surface area contributed by atoms with Crippen molar-refractivity contribution in [1.82, 2.24) is 15.2 Å². The van der Waals surface area contributed by atoms with E-state index in [0.29, 0.717) is 0 Å². The third-order valence-electron chi connectivity index (χ3n) is 4.00. The molecule has 2 aromatic rings. The topological polar surface area (TPSA) is 66.3 Å². The third kappa shape index (κ3) is 5.11. The fourth-order valence-corrected chi connectivity index (χ4v) is 3.18. The van der Waals surface area contributed by atoms with E-state index in [-0.39, 0.29) is 18.6 Å². The number of aliphatic hydroxyl groups is 1. The average Bonchev–Trinajstić information content (AvgIpc) is 3.15. The Morgan fingerprint density at radius 1 is 1.48 bits per heavy atom. The predicted octanol–water partition coefficient (Wildman–Crippen LogP) is 2.61. The Morgan fingerprint density at radius 2 is 2.26 bits per heavy atom. The first-order valence-corrected chi connectivity index (χ1v) is 8.72. The van der Waals surface area contributed by atoms with Crippen molar-refractivity contribution < 1.29 is 9.90 Å². The van der Waals surface area contributed by atoms with Crippen LogP contribution < -0.4 is 10.6 Å². The highest BCUT2D eigenvalue weighted by Crippen LogP contribution is 2.21. The maximum Gasteiger partial charge on any atom is 0.315 e. The SMILES string of the molecule is CC(CCc1cccn1C)NC(=O)NCC(C)(O)c1ccsc1. The van der Waals surface area contributed by atoms with E-state index in [9.17, 15) is 9.90 Å². The van der Waals surface area contributed by atoms with Gasteiger partial charge in [0.25, 0.3) is 0 Å². The van der Waals surface area contributed by atoms with Crippen molar-refractivity contribution in [2.45, 2.75) is 38.3 Å². The number of thiophene rings is 1. The Morgan fingerprint density at radius 3 is 2.87 bits per heavy atom. The highest BCUT2D eigenvalue weighted by atomic mass is 32.1. The minimum Gasteiger partial charge on any atom is -0.384 e. The van der Waals surface area contributed by atoms with Gasteiger partial charge in [-0.2, -0.15) is 11.3 Å². The summed E-state index contributed by atoms with van der Waals surface area (Å²) in [6.07, 6.45) is 3.80. The van der Waals surface area contributed by atoms with Gasteiger partial charge in [0, 0.05) is 25.0 Å². The van der Waals surface area contributed by atoms with Crippen molar-refractivity contribution in [3.63, 3.8) is 0 Å². The van der Waals surface area contributed by atoms with E-state index in [1.54, 1.807) is 6.92 Å². The van der Waals surface area contributed by atoms with Crippen molar-refractivity contribution in [2.75, 3.05) is 6.54 Å². The van der Waals surface area contributed by atoms with E-state index in [1.165, 1.54) is 17.0 Å². The number of nitrogens with one attached hydrogen (secondary N) is 2. The largest absolute Gasteiger partial charge is 0.384 e. The summed E-state index contributed by atoms with van der Waals surface area (Å²) in [6, 6.07) is 5.79. The lowest BCUT2D eigenvalue weighted by Crippen LogP contribution is -2.46. The lowest BCUT2D eigenvalue weighted by atomic mass is 9.99. The molecule has 0 saturated carbocycles. The Kier molecular flexibility index (Phi) is 5.85. The van der Waals surface area contributed by atoms with Gasteiger partial charge in [0.05, 0.1) is 6.54 Å². The number of carbonyl (C=O) groups is 1. The minimum absolute atomic E-state index is 0.0657. The van der Waals surface area contributed by atoms with E-state index in [4.69, 9.17) is 0 Å². The molecule has 0 radical (unpaired) electrons. The van der Waals surface area contributed by atoms with Gasteiger partial charge < -0.3 is 20.3 Å². The van der Waals surface area contributed by atoms with Crippen LogP contribution in [0.15, 0.2) is 35.2 Å². The second-order valence-electron chi connectivity index (χ2n) is 6.16. The van der Waals surface area contributed by atoms with E-state index < -0.39 is 5.60 Å². The van der Waals surface area contributed by atoms with Crippen LogP contribution in [0.25, 0.3) is 0 Å². The van der Waals surface area contributed by atoms with Gasteiger partial charge in [-0.1, -0.05) is 0 Å². The van der Waals surface area contributed by atoms with Crippen LogP contribution in [0.2, 0.25) is 0 Å². The number of urea groups is 1. The van der Waals surface area contributed by atoms with Crippen LogP contribution in [-0.2, 0) is 19.1 Å². The molecule has 2 unspecified atom stereocenters. The van der Waals surface area contributed by atoms with Gasteiger partial charge in [-0.15, -0.1) is 0 Å². The molecular weight excluding hydrogens is 310 g/mol. The van der Waals surface area contributed by atoms with Gasteiger partial charge in [-0.25, -0.2) is 4.79 Å². The number of rotatable bonds is 7. The number of aryl methyl sites for hydroxylation is 2. The van der Waals surface area contributed by atoms with Gasteiger partial charge in [-0.3, -0.25) is 0 Å². The molecule has 5 nitrogen and oxygen atoms in total. The van der Waals surface area contributed by atoms with E-state index >= 15 is 0 Å². The molecule has 0 saturated heterocycles. The average molecular weight is 335 g/mol. The highest BCUT2D eigenvalue weighted by Gasteiger charge is 2.24. The molecule has 126 valence electrons. The van der Waals surface area contributed by atoms with Gasteiger partial charge in [0.15, 0.2) is 0 Å². The second-order valence-corrected chi connectivity index (χ2v) is 6.94. The zero-order chi connectivity index (χ0) is 16.9. The standard InChI is InChI=1S/C17H25N3O2S/c1-13(6-7-15-5-4-9-20(15)3)19-16(21)18-12-17(2,22)14-8-10-23-11-14/h4-5,8-11,13,22H,6-7,12H2,1-3H3,(H2,18,19,21). The van der Waals surface area contributed by atoms with E-state index in [1.807, 2.05) is 43.1 Å². The summed E-state index contributed by atoms with van der Waals surface area (Å²) >= 11 is 1.53. The molecule has 23 heavy (non-hydrogen) atoms. The van der Waals surface area contributed by atoms with Crippen molar-refractivity contribution in [2.24, 2.45) is 7.05 Å². The summed E-state index contributed by atoms with van der Waals surface area (Å²) in [5.41, 5.74) is 1.02. The summed E-state index contributed by atoms with van der Waals surface area (Å²) in [5.74, 6) is 0. The van der Waals surface area contributed by atoms with Crippen molar-refractivity contribution in [3.8, 4) is 0 Å². The summed E-state index contributed by atoms with van der Waals surface area (Å²) in [7, 11) is 2.02. The molecular formula is C17H25N3O2S. The van der Waals surface area contributed by atoms with E-state index in [0.717, 1.165) is 18.4 Å². The molecule has 0 bridgehead atoms. The van der Waals surface area contributed by atoms with Gasteiger partial charge in [-0.05, 0) is 61.2 Å². The molecule has 2 atom stereocenters. The minimum atomic E-state index is -1.05. The number of amides is 2. The van der Waals surface area contributed by atoms with E-state index in [2.05, 4.69) is 21.3 Å². The smallest absolute Gasteiger partial charge is 0.315 e.